The van der Waals surface area contributed by atoms with Gasteiger partial charge in [0.1, 0.15) is 5.75 Å². The summed E-state index contributed by atoms with van der Waals surface area (Å²) >= 11 is 0. The van der Waals surface area contributed by atoms with Crippen LogP contribution >= 0.6 is 0 Å². The van der Waals surface area contributed by atoms with E-state index in [-0.39, 0.29) is 11.7 Å². The Labute approximate surface area is 122 Å². The van der Waals surface area contributed by atoms with Crippen LogP contribution in [0.5, 0.6) is 5.75 Å². The molecule has 0 aromatic heterocycles. The minimum Gasteiger partial charge on any atom is -0.435 e. The summed E-state index contributed by atoms with van der Waals surface area (Å²) in [6, 6.07) is 6.02. The van der Waals surface area contributed by atoms with Crippen molar-refractivity contribution < 1.29 is 18.3 Å². The van der Waals surface area contributed by atoms with Crippen LogP contribution in [-0.4, -0.2) is 12.5 Å². The number of carbonyl (C=O) groups excluding carboxylic acids is 1. The van der Waals surface area contributed by atoms with E-state index in [0.717, 1.165) is 11.8 Å². The zero-order valence-electron chi connectivity index (χ0n) is 11.7. The Bertz CT molecular complexity index is 504. The molecule has 2 saturated carbocycles. The van der Waals surface area contributed by atoms with Crippen LogP contribution in [0.15, 0.2) is 24.3 Å². The van der Waals surface area contributed by atoms with Gasteiger partial charge in [0, 0.05) is 12.1 Å². The summed E-state index contributed by atoms with van der Waals surface area (Å²) in [5, 5.41) is 2.83. The molecule has 3 nitrogen and oxygen atoms in total. The first-order valence-corrected chi connectivity index (χ1v) is 7.45. The normalized spacial score (nSPS) is 27.1. The highest BCUT2D eigenvalue weighted by molar-refractivity contribution is 5.90. The topological polar surface area (TPSA) is 38.3 Å². The Morgan fingerprint density at radius 3 is 2.57 bits per heavy atom. The van der Waals surface area contributed by atoms with Crippen molar-refractivity contribution in [2.24, 2.45) is 17.8 Å². The Balaban J connectivity index is 1.50. The highest BCUT2D eigenvalue weighted by Crippen LogP contribution is 2.49. The number of nitrogens with one attached hydrogen (secondary N) is 1. The molecule has 0 spiro atoms. The summed E-state index contributed by atoms with van der Waals surface area (Å²) in [5.41, 5.74) is 0.616. The lowest BCUT2D eigenvalue weighted by molar-refractivity contribution is -0.117. The largest absolute Gasteiger partial charge is 0.435 e. The van der Waals surface area contributed by atoms with Gasteiger partial charge in [0.05, 0.1) is 0 Å². The number of hydrogen-bond donors (Lipinski definition) is 1. The number of carbonyl (C=O) groups is 1. The van der Waals surface area contributed by atoms with Gasteiger partial charge >= 0.3 is 6.61 Å². The molecule has 3 unspecified atom stereocenters. The van der Waals surface area contributed by atoms with E-state index < -0.39 is 6.61 Å². The SMILES string of the molecule is O=C(CC1CC2CCC1C2)Nc1ccc(OC(F)F)cc1. The van der Waals surface area contributed by atoms with E-state index in [1.54, 1.807) is 12.1 Å². The van der Waals surface area contributed by atoms with Gasteiger partial charge in [0.25, 0.3) is 0 Å². The molecule has 3 rings (SSSR count). The summed E-state index contributed by atoms with van der Waals surface area (Å²) in [6.45, 7) is -2.83. The molecule has 1 aromatic rings. The molecule has 1 amide bonds. The van der Waals surface area contributed by atoms with Crippen LogP contribution < -0.4 is 10.1 Å². The number of benzene rings is 1. The van der Waals surface area contributed by atoms with Gasteiger partial charge in [-0.1, -0.05) is 6.42 Å². The highest BCUT2D eigenvalue weighted by Gasteiger charge is 2.40. The number of fused-ring (bicyclic) bond motifs is 2. The first-order chi connectivity index (χ1) is 10.1. The minimum atomic E-state index is -2.83. The van der Waals surface area contributed by atoms with E-state index >= 15 is 0 Å². The van der Waals surface area contributed by atoms with E-state index in [1.807, 2.05) is 0 Å². The maximum Gasteiger partial charge on any atom is 0.387 e. The molecule has 2 aliphatic rings. The number of ether oxygens (including phenoxy) is 1. The van der Waals surface area contributed by atoms with Crippen molar-refractivity contribution in [3.8, 4) is 5.75 Å². The van der Waals surface area contributed by atoms with Crippen LogP contribution in [0.25, 0.3) is 0 Å². The van der Waals surface area contributed by atoms with Crippen LogP contribution in [0.4, 0.5) is 14.5 Å². The minimum absolute atomic E-state index is 0.00933. The van der Waals surface area contributed by atoms with Crippen LogP contribution in [-0.2, 0) is 4.79 Å². The van der Waals surface area contributed by atoms with E-state index in [1.165, 1.54) is 37.8 Å². The molecule has 0 saturated heterocycles. The molecule has 3 atom stereocenters. The molecular formula is C16H19F2NO2. The zero-order valence-corrected chi connectivity index (χ0v) is 11.7. The second kappa shape index (κ2) is 6.00. The number of alkyl halides is 2. The number of halogens is 2. The highest BCUT2D eigenvalue weighted by atomic mass is 19.3. The Morgan fingerprint density at radius 2 is 2.00 bits per heavy atom. The molecule has 0 radical (unpaired) electrons. The second-order valence-corrected chi connectivity index (χ2v) is 6.09. The third-order valence-electron chi connectivity index (χ3n) is 4.70. The first-order valence-electron chi connectivity index (χ1n) is 7.45. The summed E-state index contributed by atoms with van der Waals surface area (Å²) < 4.78 is 28.3. The van der Waals surface area contributed by atoms with E-state index in [9.17, 15) is 13.6 Å². The molecule has 1 aromatic carbocycles. The zero-order chi connectivity index (χ0) is 14.8. The van der Waals surface area contributed by atoms with Crippen molar-refractivity contribution in [3.63, 3.8) is 0 Å². The Morgan fingerprint density at radius 1 is 1.24 bits per heavy atom. The van der Waals surface area contributed by atoms with Crippen LogP contribution in [0.2, 0.25) is 0 Å². The van der Waals surface area contributed by atoms with E-state index in [2.05, 4.69) is 10.1 Å². The summed E-state index contributed by atoms with van der Waals surface area (Å²) in [4.78, 5) is 12.0. The molecule has 1 N–H and O–H groups in total. The Kier molecular flexibility index (Phi) is 4.08. The van der Waals surface area contributed by atoms with E-state index in [0.29, 0.717) is 18.0 Å². The fourth-order valence-electron chi connectivity index (χ4n) is 3.80. The monoisotopic (exact) mass is 295 g/mol. The lowest BCUT2D eigenvalue weighted by atomic mass is 9.86. The van der Waals surface area contributed by atoms with Gasteiger partial charge in [-0.25, -0.2) is 0 Å². The fourth-order valence-corrected chi connectivity index (χ4v) is 3.80. The standard InChI is InChI=1S/C16H19F2NO2/c17-16(18)21-14-5-3-13(4-6-14)19-15(20)9-12-8-10-1-2-11(12)7-10/h3-6,10-12,16H,1-2,7-9H2,(H,19,20). The molecule has 5 heteroatoms. The maximum absolute atomic E-state index is 12.0. The molecule has 2 aliphatic carbocycles. The van der Waals surface area contributed by atoms with Crippen LogP contribution in [0.3, 0.4) is 0 Å². The van der Waals surface area contributed by atoms with Crippen LogP contribution in [0, 0.1) is 17.8 Å². The average molecular weight is 295 g/mol. The van der Waals surface area contributed by atoms with Gasteiger partial charge in [0.15, 0.2) is 0 Å². The first kappa shape index (κ1) is 14.3. The number of amides is 1. The summed E-state index contributed by atoms with van der Waals surface area (Å²) in [6.07, 6.45) is 5.63. The molecule has 21 heavy (non-hydrogen) atoms. The molecule has 0 heterocycles. The lowest BCUT2D eigenvalue weighted by Gasteiger charge is -2.20. The molecule has 2 fully saturated rings. The van der Waals surface area contributed by atoms with Gasteiger partial charge in [-0.3, -0.25) is 4.79 Å². The van der Waals surface area contributed by atoms with Gasteiger partial charge in [-0.2, -0.15) is 8.78 Å². The lowest BCUT2D eigenvalue weighted by Crippen LogP contribution is -2.20. The number of rotatable bonds is 5. The van der Waals surface area contributed by atoms with Crippen molar-refractivity contribution >= 4 is 11.6 Å². The predicted octanol–water partition coefficient (Wildman–Crippen LogP) is 4.05. The molecule has 0 aliphatic heterocycles. The molecule has 114 valence electrons. The van der Waals surface area contributed by atoms with Crippen molar-refractivity contribution in [2.45, 2.75) is 38.7 Å². The van der Waals surface area contributed by atoms with Crippen molar-refractivity contribution in [2.75, 3.05) is 5.32 Å². The second-order valence-electron chi connectivity index (χ2n) is 6.09. The average Bonchev–Trinajstić information content (AvgIpc) is 3.02. The quantitative estimate of drug-likeness (QED) is 0.890. The summed E-state index contributed by atoms with van der Waals surface area (Å²) in [7, 11) is 0. The van der Waals surface area contributed by atoms with Crippen molar-refractivity contribution in [1.29, 1.82) is 0 Å². The molecule has 2 bridgehead atoms. The predicted molar refractivity (Wildman–Crippen MR) is 75.3 cm³/mol. The smallest absolute Gasteiger partial charge is 0.387 e. The van der Waals surface area contributed by atoms with E-state index in [4.69, 9.17) is 0 Å². The van der Waals surface area contributed by atoms with Crippen LogP contribution in [0.1, 0.15) is 32.1 Å². The van der Waals surface area contributed by atoms with Crippen molar-refractivity contribution in [1.82, 2.24) is 0 Å². The summed E-state index contributed by atoms with van der Waals surface area (Å²) in [5.74, 6) is 2.18. The third kappa shape index (κ3) is 3.52. The van der Waals surface area contributed by atoms with Gasteiger partial charge in [-0.15, -0.1) is 0 Å². The van der Waals surface area contributed by atoms with Crippen molar-refractivity contribution in [3.05, 3.63) is 24.3 Å². The Hall–Kier alpha value is -1.65. The third-order valence-corrected chi connectivity index (χ3v) is 4.70. The molecular weight excluding hydrogens is 276 g/mol. The number of hydrogen-bond acceptors (Lipinski definition) is 2. The van der Waals surface area contributed by atoms with Gasteiger partial charge in [-0.05, 0) is 61.3 Å². The number of anilines is 1. The maximum atomic E-state index is 12.0. The van der Waals surface area contributed by atoms with Gasteiger partial charge < -0.3 is 10.1 Å². The van der Waals surface area contributed by atoms with Gasteiger partial charge in [0.2, 0.25) is 5.91 Å². The fraction of sp³-hybridized carbons (Fsp3) is 0.562.